The predicted octanol–water partition coefficient (Wildman–Crippen LogP) is 3.18. The summed E-state index contributed by atoms with van der Waals surface area (Å²) >= 11 is 1.37. The van der Waals surface area contributed by atoms with Crippen molar-refractivity contribution in [2.45, 2.75) is 6.54 Å². The lowest BCUT2D eigenvalue weighted by Crippen LogP contribution is -2.28. The van der Waals surface area contributed by atoms with Gasteiger partial charge in [-0.15, -0.1) is 5.10 Å². The summed E-state index contributed by atoms with van der Waals surface area (Å²) in [6.07, 6.45) is 1.59. The van der Waals surface area contributed by atoms with Crippen molar-refractivity contribution in [3.63, 3.8) is 0 Å². The number of carbonyl (C=O) groups excluding carboxylic acids is 1. The van der Waals surface area contributed by atoms with E-state index < -0.39 is 0 Å². The normalized spacial score (nSPS) is 15.5. The van der Waals surface area contributed by atoms with Gasteiger partial charge in [0.05, 0.1) is 39.8 Å². The minimum atomic E-state index is 0.00808. The van der Waals surface area contributed by atoms with E-state index in [-0.39, 0.29) is 5.91 Å². The summed E-state index contributed by atoms with van der Waals surface area (Å²) in [4.78, 5) is 13.9. The van der Waals surface area contributed by atoms with Gasteiger partial charge in [0.1, 0.15) is 5.75 Å². The molecule has 0 spiro atoms. The lowest BCUT2D eigenvalue weighted by Gasteiger charge is -2.15. The quantitative estimate of drug-likeness (QED) is 0.528. The first-order valence-corrected chi connectivity index (χ1v) is 9.53. The number of amidine groups is 1. The summed E-state index contributed by atoms with van der Waals surface area (Å²) in [6, 6.07) is 13.1. The minimum Gasteiger partial charge on any atom is -0.497 e. The van der Waals surface area contributed by atoms with Crippen LogP contribution in [0, 0.1) is 0 Å². The number of hydrogen-bond acceptors (Lipinski definition) is 7. The number of ether oxygens (including phenoxy) is 3. The molecule has 3 rings (SSSR count). The average Bonchev–Trinajstić information content (AvgIpc) is 3.07. The Morgan fingerprint density at radius 3 is 2.54 bits per heavy atom. The van der Waals surface area contributed by atoms with Crippen LogP contribution < -0.4 is 14.2 Å². The van der Waals surface area contributed by atoms with Crippen LogP contribution in [-0.2, 0) is 11.3 Å². The standard InChI is InChI=1S/C20H21N3O4S/c1-25-16-9-7-14(8-10-16)12-23-18(24)13-28-20(23)22-21-11-15-5-4-6-17(26-2)19(15)27-3/h4-11H,12-13H2,1-3H3. The topological polar surface area (TPSA) is 72.7 Å². The van der Waals surface area contributed by atoms with E-state index in [1.807, 2.05) is 42.5 Å². The van der Waals surface area contributed by atoms with E-state index in [9.17, 15) is 4.79 Å². The van der Waals surface area contributed by atoms with Crippen LogP contribution >= 0.6 is 11.8 Å². The summed E-state index contributed by atoms with van der Waals surface area (Å²) < 4.78 is 15.8. The molecule has 1 heterocycles. The zero-order valence-corrected chi connectivity index (χ0v) is 16.7. The molecule has 1 saturated heterocycles. The van der Waals surface area contributed by atoms with Crippen molar-refractivity contribution in [2.24, 2.45) is 10.2 Å². The van der Waals surface area contributed by atoms with Crippen molar-refractivity contribution in [3.8, 4) is 17.2 Å². The van der Waals surface area contributed by atoms with Crippen molar-refractivity contribution >= 4 is 29.1 Å². The molecule has 28 heavy (non-hydrogen) atoms. The molecule has 0 aromatic heterocycles. The van der Waals surface area contributed by atoms with Gasteiger partial charge in [0.25, 0.3) is 0 Å². The van der Waals surface area contributed by atoms with Crippen molar-refractivity contribution in [1.29, 1.82) is 0 Å². The highest BCUT2D eigenvalue weighted by Gasteiger charge is 2.28. The van der Waals surface area contributed by atoms with Gasteiger partial charge in [0, 0.05) is 5.56 Å². The Morgan fingerprint density at radius 1 is 1.07 bits per heavy atom. The Balaban J connectivity index is 1.77. The van der Waals surface area contributed by atoms with E-state index in [0.29, 0.717) is 29.0 Å². The third-order valence-corrected chi connectivity index (χ3v) is 5.08. The molecule has 0 aliphatic carbocycles. The van der Waals surface area contributed by atoms with Crippen LogP contribution in [0.15, 0.2) is 52.7 Å². The molecule has 7 nitrogen and oxygen atoms in total. The van der Waals surface area contributed by atoms with E-state index >= 15 is 0 Å². The molecule has 2 aromatic carbocycles. The predicted molar refractivity (Wildman–Crippen MR) is 111 cm³/mol. The van der Waals surface area contributed by atoms with E-state index in [2.05, 4.69) is 10.2 Å². The molecule has 0 saturated carbocycles. The number of hydrogen-bond donors (Lipinski definition) is 0. The highest BCUT2D eigenvalue weighted by molar-refractivity contribution is 8.15. The number of nitrogens with zero attached hydrogens (tertiary/aromatic N) is 3. The average molecular weight is 399 g/mol. The van der Waals surface area contributed by atoms with E-state index in [1.165, 1.54) is 11.8 Å². The Morgan fingerprint density at radius 2 is 1.86 bits per heavy atom. The third-order valence-electron chi connectivity index (χ3n) is 4.13. The molecule has 1 amide bonds. The largest absolute Gasteiger partial charge is 0.497 e. The summed E-state index contributed by atoms with van der Waals surface area (Å²) in [7, 11) is 4.77. The van der Waals surface area contributed by atoms with Crippen molar-refractivity contribution < 1.29 is 19.0 Å². The fourth-order valence-electron chi connectivity index (χ4n) is 2.70. The SMILES string of the molecule is COc1ccc(CN2C(=O)CSC2=NN=Cc2cccc(OC)c2OC)cc1. The van der Waals surface area contributed by atoms with E-state index in [1.54, 1.807) is 32.4 Å². The molecule has 8 heteroatoms. The Labute approximate surface area is 168 Å². The van der Waals surface area contributed by atoms with Gasteiger partial charge >= 0.3 is 0 Å². The Hall–Kier alpha value is -3.00. The zero-order valence-electron chi connectivity index (χ0n) is 15.9. The van der Waals surface area contributed by atoms with E-state index in [0.717, 1.165) is 16.9 Å². The van der Waals surface area contributed by atoms with Crippen LogP contribution in [0.5, 0.6) is 17.2 Å². The van der Waals surface area contributed by atoms with Crippen LogP contribution in [0.1, 0.15) is 11.1 Å². The Kier molecular flexibility index (Phi) is 6.54. The van der Waals surface area contributed by atoms with Gasteiger partial charge in [-0.25, -0.2) is 0 Å². The maximum absolute atomic E-state index is 12.2. The highest BCUT2D eigenvalue weighted by atomic mass is 32.2. The van der Waals surface area contributed by atoms with Crippen LogP contribution in [0.3, 0.4) is 0 Å². The first kappa shape index (κ1) is 19.8. The fraction of sp³-hybridized carbons (Fsp3) is 0.250. The molecule has 1 aliphatic rings. The molecular formula is C20H21N3O4S. The van der Waals surface area contributed by atoms with Gasteiger partial charge in [0.2, 0.25) is 5.91 Å². The number of amides is 1. The summed E-state index contributed by atoms with van der Waals surface area (Å²) in [5.74, 6) is 2.34. The summed E-state index contributed by atoms with van der Waals surface area (Å²) in [6.45, 7) is 0.437. The molecular weight excluding hydrogens is 378 g/mol. The first-order chi connectivity index (χ1) is 13.7. The number of rotatable bonds is 7. The van der Waals surface area contributed by atoms with Crippen LogP contribution in [0.2, 0.25) is 0 Å². The number of carbonyl (C=O) groups is 1. The maximum atomic E-state index is 12.2. The van der Waals surface area contributed by atoms with Crippen LogP contribution in [0.4, 0.5) is 0 Å². The smallest absolute Gasteiger partial charge is 0.239 e. The summed E-state index contributed by atoms with van der Waals surface area (Å²) in [5, 5.41) is 8.97. The van der Waals surface area contributed by atoms with Crippen molar-refractivity contribution in [3.05, 3.63) is 53.6 Å². The molecule has 1 fully saturated rings. The van der Waals surface area contributed by atoms with Gasteiger partial charge in [-0.05, 0) is 29.8 Å². The lowest BCUT2D eigenvalue weighted by molar-refractivity contribution is -0.124. The Bertz CT molecular complexity index is 897. The lowest BCUT2D eigenvalue weighted by atomic mass is 10.2. The highest BCUT2D eigenvalue weighted by Crippen LogP contribution is 2.29. The molecule has 0 unspecified atom stereocenters. The van der Waals surface area contributed by atoms with Gasteiger partial charge < -0.3 is 14.2 Å². The molecule has 2 aromatic rings. The number of thioether (sulfide) groups is 1. The second kappa shape index (κ2) is 9.27. The van der Waals surface area contributed by atoms with Crippen molar-refractivity contribution in [2.75, 3.05) is 27.1 Å². The second-order valence-corrected chi connectivity index (χ2v) is 6.77. The third kappa shape index (κ3) is 4.45. The number of benzene rings is 2. The minimum absolute atomic E-state index is 0.00808. The van der Waals surface area contributed by atoms with Gasteiger partial charge in [-0.2, -0.15) is 5.10 Å². The summed E-state index contributed by atoms with van der Waals surface area (Å²) in [5.41, 5.74) is 1.73. The van der Waals surface area contributed by atoms with Gasteiger partial charge in [0.15, 0.2) is 16.7 Å². The number of methoxy groups -OCH3 is 3. The zero-order chi connectivity index (χ0) is 19.9. The van der Waals surface area contributed by atoms with Crippen molar-refractivity contribution in [1.82, 2.24) is 4.90 Å². The molecule has 0 atom stereocenters. The molecule has 0 N–H and O–H groups in total. The second-order valence-electron chi connectivity index (χ2n) is 5.83. The van der Waals surface area contributed by atoms with Gasteiger partial charge in [-0.1, -0.05) is 30.0 Å². The van der Waals surface area contributed by atoms with Crippen LogP contribution in [-0.4, -0.2) is 49.3 Å². The van der Waals surface area contributed by atoms with Crippen LogP contribution in [0.25, 0.3) is 0 Å². The number of para-hydroxylation sites is 1. The molecule has 1 aliphatic heterocycles. The van der Waals surface area contributed by atoms with E-state index in [4.69, 9.17) is 14.2 Å². The molecule has 146 valence electrons. The first-order valence-electron chi connectivity index (χ1n) is 8.54. The molecule has 0 bridgehead atoms. The maximum Gasteiger partial charge on any atom is 0.239 e. The monoisotopic (exact) mass is 399 g/mol. The van der Waals surface area contributed by atoms with Gasteiger partial charge in [-0.3, -0.25) is 9.69 Å². The molecule has 0 radical (unpaired) electrons. The fourth-order valence-corrected chi connectivity index (χ4v) is 3.53.